The minimum Gasteiger partial charge on any atom is -0.338 e. The Labute approximate surface area is 162 Å². The van der Waals surface area contributed by atoms with Crippen LogP contribution in [0.15, 0.2) is 30.3 Å². The highest BCUT2D eigenvalue weighted by Crippen LogP contribution is 2.21. The van der Waals surface area contributed by atoms with Gasteiger partial charge in [0.25, 0.3) is 0 Å². The van der Waals surface area contributed by atoms with Gasteiger partial charge in [0.1, 0.15) is 0 Å². The van der Waals surface area contributed by atoms with Gasteiger partial charge < -0.3 is 15.1 Å². The van der Waals surface area contributed by atoms with Gasteiger partial charge in [-0.1, -0.05) is 44.2 Å². The molecule has 2 aliphatic rings. The van der Waals surface area contributed by atoms with Gasteiger partial charge >= 0.3 is 6.03 Å². The van der Waals surface area contributed by atoms with Crippen molar-refractivity contribution in [2.45, 2.75) is 39.3 Å². The van der Waals surface area contributed by atoms with Crippen LogP contribution in [-0.2, 0) is 11.3 Å². The summed E-state index contributed by atoms with van der Waals surface area (Å²) in [4.78, 5) is 31.4. The van der Waals surface area contributed by atoms with Crippen LogP contribution in [-0.4, -0.2) is 71.9 Å². The van der Waals surface area contributed by atoms with Crippen LogP contribution in [0.3, 0.4) is 0 Å². The number of rotatable bonds is 5. The predicted molar refractivity (Wildman–Crippen MR) is 106 cm³/mol. The average molecular weight is 373 g/mol. The number of carbonyl (C=O) groups is 2. The molecule has 148 valence electrons. The summed E-state index contributed by atoms with van der Waals surface area (Å²) >= 11 is 0. The van der Waals surface area contributed by atoms with Gasteiger partial charge in [-0.3, -0.25) is 9.69 Å². The van der Waals surface area contributed by atoms with Crippen molar-refractivity contribution in [2.75, 3.05) is 39.3 Å². The van der Waals surface area contributed by atoms with Crippen molar-refractivity contribution < 1.29 is 9.59 Å². The molecule has 1 aromatic rings. The Morgan fingerprint density at radius 2 is 1.89 bits per heavy atom. The van der Waals surface area contributed by atoms with Crippen LogP contribution in [0.25, 0.3) is 0 Å². The fourth-order valence-electron chi connectivity index (χ4n) is 3.88. The van der Waals surface area contributed by atoms with Crippen molar-refractivity contribution in [2.24, 2.45) is 5.92 Å². The van der Waals surface area contributed by atoms with E-state index in [0.29, 0.717) is 25.6 Å². The summed E-state index contributed by atoms with van der Waals surface area (Å²) in [5, 5.41) is 3.00. The van der Waals surface area contributed by atoms with Crippen molar-refractivity contribution >= 4 is 11.9 Å². The van der Waals surface area contributed by atoms with Gasteiger partial charge in [0.15, 0.2) is 0 Å². The van der Waals surface area contributed by atoms with E-state index in [-0.39, 0.29) is 18.0 Å². The molecule has 6 heteroatoms. The zero-order chi connectivity index (χ0) is 19.2. The molecule has 1 N–H and O–H groups in total. The molecule has 0 aromatic heterocycles. The number of hydrogen-bond donors (Lipinski definition) is 1. The van der Waals surface area contributed by atoms with Gasteiger partial charge in [0, 0.05) is 45.8 Å². The second-order valence-electron chi connectivity index (χ2n) is 8.01. The van der Waals surface area contributed by atoms with Crippen LogP contribution in [0, 0.1) is 5.92 Å². The van der Waals surface area contributed by atoms with Gasteiger partial charge in [0.05, 0.1) is 6.04 Å². The second kappa shape index (κ2) is 9.22. The Morgan fingerprint density at radius 3 is 2.63 bits per heavy atom. The predicted octanol–water partition coefficient (Wildman–Crippen LogP) is 2.16. The molecule has 27 heavy (non-hydrogen) atoms. The molecule has 3 rings (SSSR count). The molecular weight excluding hydrogens is 340 g/mol. The van der Waals surface area contributed by atoms with Crippen LogP contribution in [0.5, 0.6) is 0 Å². The largest absolute Gasteiger partial charge is 0.338 e. The number of amides is 3. The van der Waals surface area contributed by atoms with E-state index in [9.17, 15) is 9.59 Å². The Hall–Kier alpha value is -2.08. The molecule has 6 nitrogen and oxygen atoms in total. The maximum Gasteiger partial charge on any atom is 0.317 e. The molecule has 2 heterocycles. The molecule has 0 radical (unpaired) electrons. The van der Waals surface area contributed by atoms with E-state index in [1.807, 2.05) is 28.0 Å². The van der Waals surface area contributed by atoms with Crippen molar-refractivity contribution in [1.29, 1.82) is 0 Å². The highest BCUT2D eigenvalue weighted by atomic mass is 16.2. The van der Waals surface area contributed by atoms with Crippen LogP contribution < -0.4 is 5.32 Å². The van der Waals surface area contributed by atoms with E-state index >= 15 is 0 Å². The molecule has 0 bridgehead atoms. The smallest absolute Gasteiger partial charge is 0.317 e. The molecular formula is C21H32N4O2. The van der Waals surface area contributed by atoms with E-state index in [2.05, 4.69) is 36.2 Å². The maximum absolute atomic E-state index is 12.9. The fourth-order valence-corrected chi connectivity index (χ4v) is 3.88. The van der Waals surface area contributed by atoms with Gasteiger partial charge in [-0.15, -0.1) is 0 Å². The lowest BCUT2D eigenvalue weighted by atomic mass is 10.2. The Bertz CT molecular complexity index is 634. The third kappa shape index (κ3) is 5.22. The monoisotopic (exact) mass is 372 g/mol. The summed E-state index contributed by atoms with van der Waals surface area (Å²) in [5.74, 6) is 0.681. The Balaban J connectivity index is 1.52. The topological polar surface area (TPSA) is 55.9 Å². The Kier molecular flexibility index (Phi) is 6.72. The molecule has 0 saturated carbocycles. The summed E-state index contributed by atoms with van der Waals surface area (Å²) in [6.07, 6.45) is 1.79. The molecule has 0 aliphatic carbocycles. The van der Waals surface area contributed by atoms with E-state index in [1.54, 1.807) is 0 Å². The zero-order valence-corrected chi connectivity index (χ0v) is 16.6. The number of nitrogens with one attached hydrogen (secondary N) is 1. The summed E-state index contributed by atoms with van der Waals surface area (Å²) in [6, 6.07) is 10.2. The van der Waals surface area contributed by atoms with E-state index in [4.69, 9.17) is 0 Å². The first-order valence-electron chi connectivity index (χ1n) is 10.1. The highest BCUT2D eigenvalue weighted by molar-refractivity contribution is 5.84. The average Bonchev–Trinajstić information content (AvgIpc) is 2.87. The lowest BCUT2D eigenvalue weighted by molar-refractivity contribution is -0.132. The minimum absolute atomic E-state index is 0.0222. The summed E-state index contributed by atoms with van der Waals surface area (Å²) in [6.45, 7) is 9.49. The number of nitrogens with zero attached hydrogens (tertiary/aromatic N) is 3. The highest BCUT2D eigenvalue weighted by Gasteiger charge is 2.36. The van der Waals surface area contributed by atoms with E-state index < -0.39 is 0 Å². The molecule has 2 saturated heterocycles. The molecule has 2 fully saturated rings. The first-order chi connectivity index (χ1) is 13.0. The zero-order valence-electron chi connectivity index (χ0n) is 16.6. The fraction of sp³-hybridized carbons (Fsp3) is 0.619. The molecule has 1 unspecified atom stereocenters. The number of benzene rings is 1. The molecule has 2 aliphatic heterocycles. The van der Waals surface area contributed by atoms with Gasteiger partial charge in [-0.2, -0.15) is 0 Å². The number of hydrogen-bond acceptors (Lipinski definition) is 3. The summed E-state index contributed by atoms with van der Waals surface area (Å²) in [7, 11) is 0. The third-order valence-corrected chi connectivity index (χ3v) is 5.41. The van der Waals surface area contributed by atoms with Gasteiger partial charge in [-0.25, -0.2) is 4.79 Å². The quantitative estimate of drug-likeness (QED) is 0.862. The number of carbonyl (C=O) groups excluding carboxylic acids is 2. The maximum atomic E-state index is 12.9. The van der Waals surface area contributed by atoms with Crippen LogP contribution >= 0.6 is 0 Å². The molecule has 0 spiro atoms. The summed E-state index contributed by atoms with van der Waals surface area (Å²) in [5.41, 5.74) is 1.18. The lowest BCUT2D eigenvalue weighted by Gasteiger charge is -2.27. The first-order valence-corrected chi connectivity index (χ1v) is 10.1. The van der Waals surface area contributed by atoms with E-state index in [1.165, 1.54) is 5.56 Å². The van der Waals surface area contributed by atoms with Gasteiger partial charge in [-0.05, 0) is 24.3 Å². The van der Waals surface area contributed by atoms with Crippen molar-refractivity contribution in [3.8, 4) is 0 Å². The third-order valence-electron chi connectivity index (χ3n) is 5.41. The number of likely N-dealkylation sites (tertiary alicyclic amines) is 1. The van der Waals surface area contributed by atoms with Crippen LogP contribution in [0.2, 0.25) is 0 Å². The Morgan fingerprint density at radius 1 is 1.11 bits per heavy atom. The van der Waals surface area contributed by atoms with E-state index in [0.717, 1.165) is 39.0 Å². The van der Waals surface area contributed by atoms with Crippen molar-refractivity contribution in [3.05, 3.63) is 35.9 Å². The summed E-state index contributed by atoms with van der Waals surface area (Å²) < 4.78 is 0. The van der Waals surface area contributed by atoms with Crippen molar-refractivity contribution in [1.82, 2.24) is 20.0 Å². The van der Waals surface area contributed by atoms with Crippen LogP contribution in [0.1, 0.15) is 32.3 Å². The minimum atomic E-state index is -0.0348. The normalized spacial score (nSPS) is 21.6. The van der Waals surface area contributed by atoms with Crippen LogP contribution in [0.4, 0.5) is 4.79 Å². The molecule has 1 atom stereocenters. The first kappa shape index (κ1) is 19.7. The molecule has 1 aromatic carbocycles. The van der Waals surface area contributed by atoms with Crippen molar-refractivity contribution in [3.63, 3.8) is 0 Å². The lowest BCUT2D eigenvalue weighted by Crippen LogP contribution is -2.45. The van der Waals surface area contributed by atoms with Gasteiger partial charge in [0.2, 0.25) is 5.91 Å². The molecule has 3 amide bonds. The second-order valence-corrected chi connectivity index (χ2v) is 8.01. The SMILES string of the molecule is CC(C)CNC(=O)N1CCCN(C2CCN(Cc3ccccc3)C2=O)CC1. The standard InChI is InChI=1S/C21H32N4O2/c1-17(2)15-22-21(27)24-11-6-10-23(13-14-24)19-9-12-25(20(19)26)16-18-7-4-3-5-8-18/h3-5,7-8,17,19H,6,9-16H2,1-2H3,(H,22,27). The number of urea groups is 1.